The lowest BCUT2D eigenvalue weighted by Gasteiger charge is -2.21. The molecule has 0 heterocycles. The summed E-state index contributed by atoms with van der Waals surface area (Å²) in [6.07, 6.45) is 7.53. The van der Waals surface area contributed by atoms with E-state index in [0.29, 0.717) is 0 Å². The topological polar surface area (TPSA) is 0 Å². The van der Waals surface area contributed by atoms with Crippen LogP contribution in [0.2, 0.25) is 0 Å². The molecule has 2 aliphatic carbocycles. The van der Waals surface area contributed by atoms with Gasteiger partial charge in [-0.1, -0.05) is 13.8 Å². The summed E-state index contributed by atoms with van der Waals surface area (Å²) in [6, 6.07) is 0. The van der Waals surface area contributed by atoms with Crippen molar-refractivity contribution in [3.8, 4) is 0 Å². The highest BCUT2D eigenvalue weighted by Gasteiger charge is 2.48. The van der Waals surface area contributed by atoms with E-state index in [2.05, 4.69) is 13.8 Å². The van der Waals surface area contributed by atoms with Crippen LogP contribution in [-0.2, 0) is 0 Å². The Morgan fingerprint density at radius 1 is 0.778 bits per heavy atom. The van der Waals surface area contributed by atoms with Crippen molar-refractivity contribution in [2.45, 2.75) is 46.0 Å². The normalized spacial score (nSPS) is 56.7. The Kier molecular flexibility index (Phi) is 0.868. The third-order valence-corrected chi connectivity index (χ3v) is 3.52. The van der Waals surface area contributed by atoms with Gasteiger partial charge in [0.05, 0.1) is 0 Å². The van der Waals surface area contributed by atoms with Gasteiger partial charge in [-0.15, -0.1) is 0 Å². The van der Waals surface area contributed by atoms with Gasteiger partial charge in [0.15, 0.2) is 0 Å². The second-order valence-corrected chi connectivity index (χ2v) is 4.80. The Morgan fingerprint density at radius 2 is 1.11 bits per heavy atom. The first-order chi connectivity index (χ1) is 4.12. The van der Waals surface area contributed by atoms with Crippen LogP contribution in [0.15, 0.2) is 0 Å². The smallest absolute Gasteiger partial charge is 0.0320 e. The van der Waals surface area contributed by atoms with E-state index in [9.17, 15) is 0 Å². The first-order valence-corrected chi connectivity index (χ1v) is 4.12. The fourth-order valence-corrected chi connectivity index (χ4v) is 2.84. The molecule has 2 rings (SSSR count). The lowest BCUT2D eigenvalue weighted by atomic mass is 9.84. The van der Waals surface area contributed by atoms with E-state index >= 15 is 0 Å². The minimum Gasteiger partial charge on any atom is -0.0596 e. The van der Waals surface area contributed by atoms with E-state index in [0.717, 1.165) is 10.8 Å². The van der Waals surface area contributed by atoms with E-state index in [1.807, 2.05) is 0 Å². The molecule has 0 heteroatoms. The van der Waals surface area contributed by atoms with Crippen molar-refractivity contribution in [1.82, 2.24) is 0 Å². The van der Waals surface area contributed by atoms with Crippen LogP contribution in [0.3, 0.4) is 0 Å². The SMILES string of the molecule is CC12CCC(C)(CC1)C2. The summed E-state index contributed by atoms with van der Waals surface area (Å²) < 4.78 is 0. The predicted molar refractivity (Wildman–Crippen MR) is 39.3 cm³/mol. The van der Waals surface area contributed by atoms with Crippen molar-refractivity contribution < 1.29 is 0 Å². The van der Waals surface area contributed by atoms with Crippen LogP contribution in [0.4, 0.5) is 0 Å². The Morgan fingerprint density at radius 3 is 1.22 bits per heavy atom. The Labute approximate surface area is 57.6 Å². The summed E-state index contributed by atoms with van der Waals surface area (Å²) in [5.41, 5.74) is 1.55. The molecular weight excluding hydrogens is 108 g/mol. The second kappa shape index (κ2) is 1.36. The third-order valence-electron chi connectivity index (χ3n) is 3.52. The zero-order chi connectivity index (χ0) is 6.54. The van der Waals surface area contributed by atoms with Crippen molar-refractivity contribution in [3.05, 3.63) is 0 Å². The molecule has 9 heavy (non-hydrogen) atoms. The zero-order valence-corrected chi connectivity index (χ0v) is 6.54. The largest absolute Gasteiger partial charge is 0.0596 e. The maximum absolute atomic E-state index is 2.46. The van der Waals surface area contributed by atoms with Crippen LogP contribution in [-0.4, -0.2) is 0 Å². The molecule has 0 nitrogen and oxygen atoms in total. The van der Waals surface area contributed by atoms with Crippen LogP contribution < -0.4 is 0 Å². The number of rotatable bonds is 0. The summed E-state index contributed by atoms with van der Waals surface area (Å²) in [5.74, 6) is 0. The van der Waals surface area contributed by atoms with Gasteiger partial charge in [-0.2, -0.15) is 0 Å². The minimum absolute atomic E-state index is 0.773. The molecule has 0 amide bonds. The van der Waals surface area contributed by atoms with E-state index < -0.39 is 0 Å². The first-order valence-electron chi connectivity index (χ1n) is 4.12. The summed E-state index contributed by atoms with van der Waals surface area (Å²) >= 11 is 0. The summed E-state index contributed by atoms with van der Waals surface area (Å²) in [7, 11) is 0. The van der Waals surface area contributed by atoms with Gasteiger partial charge in [0.2, 0.25) is 0 Å². The highest BCUT2D eigenvalue weighted by atomic mass is 14.5. The minimum atomic E-state index is 0.773. The summed E-state index contributed by atoms with van der Waals surface area (Å²) in [6.45, 7) is 4.93. The van der Waals surface area contributed by atoms with Gasteiger partial charge in [0, 0.05) is 0 Å². The van der Waals surface area contributed by atoms with Crippen molar-refractivity contribution >= 4 is 0 Å². The molecule has 0 aromatic carbocycles. The van der Waals surface area contributed by atoms with E-state index in [1.54, 1.807) is 0 Å². The lowest BCUT2D eigenvalue weighted by Crippen LogP contribution is -2.08. The fraction of sp³-hybridized carbons (Fsp3) is 1.00. The van der Waals surface area contributed by atoms with Gasteiger partial charge in [0.1, 0.15) is 0 Å². The first kappa shape index (κ1) is 5.76. The molecule has 2 bridgehead atoms. The molecule has 0 aliphatic heterocycles. The van der Waals surface area contributed by atoms with Gasteiger partial charge in [-0.05, 0) is 42.9 Å². The highest BCUT2D eigenvalue weighted by molar-refractivity contribution is 4.99. The van der Waals surface area contributed by atoms with Crippen molar-refractivity contribution in [2.75, 3.05) is 0 Å². The molecule has 0 radical (unpaired) electrons. The molecular formula is C9H16. The van der Waals surface area contributed by atoms with Crippen LogP contribution in [0.25, 0.3) is 0 Å². The quantitative estimate of drug-likeness (QED) is 0.465. The van der Waals surface area contributed by atoms with Gasteiger partial charge < -0.3 is 0 Å². The molecule has 52 valence electrons. The van der Waals surface area contributed by atoms with Gasteiger partial charge in [0.25, 0.3) is 0 Å². The summed E-state index contributed by atoms with van der Waals surface area (Å²) in [5, 5.41) is 0. The maximum atomic E-state index is 2.46. The third kappa shape index (κ3) is 0.720. The van der Waals surface area contributed by atoms with Crippen LogP contribution >= 0.6 is 0 Å². The average Bonchev–Trinajstić information content (AvgIpc) is 2.19. The molecule has 0 saturated heterocycles. The van der Waals surface area contributed by atoms with Gasteiger partial charge in [-0.25, -0.2) is 0 Å². The van der Waals surface area contributed by atoms with E-state index in [4.69, 9.17) is 0 Å². The number of hydrogen-bond donors (Lipinski definition) is 0. The molecule has 0 atom stereocenters. The maximum Gasteiger partial charge on any atom is -0.0320 e. The van der Waals surface area contributed by atoms with Crippen LogP contribution in [0.1, 0.15) is 46.0 Å². The van der Waals surface area contributed by atoms with Gasteiger partial charge in [-0.3, -0.25) is 0 Å². The molecule has 0 N–H and O–H groups in total. The molecule has 2 fully saturated rings. The van der Waals surface area contributed by atoms with E-state index in [-0.39, 0.29) is 0 Å². The van der Waals surface area contributed by atoms with Crippen molar-refractivity contribution in [1.29, 1.82) is 0 Å². The van der Waals surface area contributed by atoms with Crippen molar-refractivity contribution in [2.24, 2.45) is 10.8 Å². The fourth-order valence-electron chi connectivity index (χ4n) is 2.84. The Bertz CT molecular complexity index is 111. The average molecular weight is 124 g/mol. The monoisotopic (exact) mass is 124 g/mol. The highest BCUT2D eigenvalue weighted by Crippen LogP contribution is 2.60. The van der Waals surface area contributed by atoms with Crippen LogP contribution in [0.5, 0.6) is 0 Å². The van der Waals surface area contributed by atoms with Gasteiger partial charge >= 0.3 is 0 Å². The molecule has 2 saturated carbocycles. The number of hydrogen-bond acceptors (Lipinski definition) is 0. The van der Waals surface area contributed by atoms with Crippen molar-refractivity contribution in [3.63, 3.8) is 0 Å². The second-order valence-electron chi connectivity index (χ2n) is 4.80. The molecule has 2 aliphatic rings. The predicted octanol–water partition coefficient (Wildman–Crippen LogP) is 2.98. The standard InChI is InChI=1S/C9H16/c1-8-3-5-9(2,7-8)6-4-8/h3-7H2,1-2H3. The molecule has 0 unspecified atom stereocenters. The molecule has 0 aromatic rings. The molecule has 0 aromatic heterocycles. The molecule has 0 spiro atoms. The van der Waals surface area contributed by atoms with E-state index in [1.165, 1.54) is 32.1 Å². The Hall–Kier alpha value is 0. The lowest BCUT2D eigenvalue weighted by molar-refractivity contribution is 0.308. The Balaban J connectivity index is 2.25. The van der Waals surface area contributed by atoms with Crippen LogP contribution in [0, 0.1) is 10.8 Å². The summed E-state index contributed by atoms with van der Waals surface area (Å²) in [4.78, 5) is 0. The number of fused-ring (bicyclic) bond motifs is 2. The zero-order valence-electron chi connectivity index (χ0n) is 6.54.